The lowest BCUT2D eigenvalue weighted by molar-refractivity contribution is -0.598. The van der Waals surface area contributed by atoms with E-state index in [1.165, 1.54) is 23.8 Å². The topological polar surface area (TPSA) is 0 Å². The molecule has 0 fully saturated rings. The van der Waals surface area contributed by atoms with Crippen LogP contribution in [0.4, 0.5) is 21.7 Å². The molecule has 0 saturated carbocycles. The summed E-state index contributed by atoms with van der Waals surface area (Å²) in [5.74, 6) is -0.157. The Balaban J connectivity index is 0.000000422. The van der Waals surface area contributed by atoms with Crippen LogP contribution in [0.5, 0.6) is 0 Å². The van der Waals surface area contributed by atoms with Crippen LogP contribution in [0.25, 0.3) is 0 Å². The second-order valence-electron chi connectivity index (χ2n) is 4.74. The summed E-state index contributed by atoms with van der Waals surface area (Å²) >= 11 is -0.207. The van der Waals surface area contributed by atoms with Crippen molar-refractivity contribution in [2.24, 2.45) is 0 Å². The summed E-state index contributed by atoms with van der Waals surface area (Å²) in [7, 11) is -6.00. The lowest BCUT2D eigenvalue weighted by Gasteiger charge is -2.00. The van der Waals surface area contributed by atoms with Gasteiger partial charge >= 0.3 is 28.5 Å². The third kappa shape index (κ3) is 7.24. The highest BCUT2D eigenvalue weighted by molar-refractivity contribution is 6.50. The molecule has 22 heavy (non-hydrogen) atoms. The van der Waals surface area contributed by atoms with Gasteiger partial charge in [0, 0.05) is 11.1 Å². The maximum absolute atomic E-state index is 12.8. The fraction of sp³-hybridized carbons (Fsp3) is 0.200. The lowest BCUT2D eigenvalue weighted by Crippen LogP contribution is -3.62. The Bertz CT molecular complexity index is 594. The van der Waals surface area contributed by atoms with Crippen LogP contribution in [0.1, 0.15) is 16.7 Å². The van der Waals surface area contributed by atoms with E-state index in [0.29, 0.717) is 0 Å². The molecule has 2 aromatic rings. The molecule has 7 heteroatoms. The summed E-state index contributed by atoms with van der Waals surface area (Å²) < 4.78 is 54.6. The van der Waals surface area contributed by atoms with Crippen LogP contribution in [0.2, 0.25) is 0 Å². The van der Waals surface area contributed by atoms with Crippen LogP contribution in [-0.4, -0.2) is 7.25 Å². The van der Waals surface area contributed by atoms with Gasteiger partial charge in [-0.2, -0.15) is 0 Å². The third-order valence-electron chi connectivity index (χ3n) is 2.59. The Morgan fingerprint density at radius 3 is 1.64 bits per heavy atom. The van der Waals surface area contributed by atoms with Crippen LogP contribution >= 0.6 is 0 Å². The Hall–Kier alpha value is -1.12. The van der Waals surface area contributed by atoms with Crippen molar-refractivity contribution >= 4 is 7.25 Å². The van der Waals surface area contributed by atoms with Gasteiger partial charge in [0.05, 0.1) is 0 Å². The summed E-state index contributed by atoms with van der Waals surface area (Å²) in [6, 6.07) is 11.4. The van der Waals surface area contributed by atoms with Gasteiger partial charge in [0.1, 0.15) is 5.82 Å². The van der Waals surface area contributed by atoms with Gasteiger partial charge in [-0.05, 0) is 45.0 Å². The number of hydrogen-bond donors (Lipinski definition) is 0. The minimum Gasteiger partial charge on any atom is -0.418 e. The van der Waals surface area contributed by atoms with Crippen molar-refractivity contribution in [3.05, 3.63) is 66.0 Å². The molecule has 0 spiro atoms. The molecule has 0 amide bonds. The molecule has 0 aliphatic heterocycles. The lowest BCUT2D eigenvalue weighted by atomic mass is 10.1. The van der Waals surface area contributed by atoms with Crippen molar-refractivity contribution in [1.82, 2.24) is 0 Å². The summed E-state index contributed by atoms with van der Waals surface area (Å²) in [4.78, 5) is 0. The number of hydrogen-bond acceptors (Lipinski definition) is 0. The first-order valence-electron chi connectivity index (χ1n) is 6.42. The Kier molecular flexibility index (Phi) is 6.83. The standard InChI is InChI=1S/C15H15FI.BF4/c1-10-8-11(2)15(12(3)9-10)17-14-6-4-13(16)5-7-14;2-1(3,4)5/h4-9H,1-3H3;/q+1;-1. The summed E-state index contributed by atoms with van der Waals surface area (Å²) in [5.41, 5.74) is 4.03. The Morgan fingerprint density at radius 1 is 0.818 bits per heavy atom. The fourth-order valence-corrected chi connectivity index (χ4v) is 4.42. The van der Waals surface area contributed by atoms with Crippen molar-refractivity contribution in [3.63, 3.8) is 0 Å². The third-order valence-corrected chi connectivity index (χ3v) is 6.17. The molecule has 2 aromatic carbocycles. The van der Waals surface area contributed by atoms with Crippen LogP contribution < -0.4 is 21.2 Å². The van der Waals surface area contributed by atoms with E-state index in [-0.39, 0.29) is 27.0 Å². The van der Waals surface area contributed by atoms with Crippen molar-refractivity contribution in [2.45, 2.75) is 20.8 Å². The maximum atomic E-state index is 12.8. The second kappa shape index (κ2) is 7.94. The van der Waals surface area contributed by atoms with Gasteiger partial charge in [-0.3, -0.25) is 0 Å². The zero-order chi connectivity index (χ0) is 16.9. The van der Waals surface area contributed by atoms with Crippen molar-refractivity contribution in [2.75, 3.05) is 0 Å². The first-order chi connectivity index (χ1) is 10.1. The first kappa shape index (κ1) is 18.9. The smallest absolute Gasteiger partial charge is 0.418 e. The zero-order valence-electron chi connectivity index (χ0n) is 12.3. The largest absolute Gasteiger partial charge is 0.673 e. The minimum atomic E-state index is -6.00. The fourth-order valence-electron chi connectivity index (χ4n) is 1.91. The van der Waals surface area contributed by atoms with E-state index in [1.807, 2.05) is 12.1 Å². The van der Waals surface area contributed by atoms with Crippen LogP contribution in [-0.2, 0) is 0 Å². The van der Waals surface area contributed by atoms with Gasteiger partial charge in [0.25, 0.3) is 0 Å². The van der Waals surface area contributed by atoms with E-state index >= 15 is 0 Å². The zero-order valence-corrected chi connectivity index (χ0v) is 14.5. The number of benzene rings is 2. The molecule has 0 N–H and O–H groups in total. The highest BCUT2D eigenvalue weighted by Crippen LogP contribution is 2.08. The molecule has 0 aliphatic rings. The van der Waals surface area contributed by atoms with E-state index in [1.54, 1.807) is 12.1 Å². The van der Waals surface area contributed by atoms with E-state index < -0.39 is 7.25 Å². The van der Waals surface area contributed by atoms with Crippen LogP contribution in [0, 0.1) is 33.7 Å². The van der Waals surface area contributed by atoms with Gasteiger partial charge < -0.3 is 17.3 Å². The molecule has 120 valence electrons. The normalized spacial score (nSPS) is 10.9. The van der Waals surface area contributed by atoms with Crippen LogP contribution in [0.3, 0.4) is 0 Å². The molecule has 0 heterocycles. The molecule has 0 saturated heterocycles. The molecule has 0 bridgehead atoms. The molecule has 2 rings (SSSR count). The molecule has 0 unspecified atom stereocenters. The van der Waals surface area contributed by atoms with Crippen LogP contribution in [0.15, 0.2) is 36.4 Å². The average Bonchev–Trinajstić information content (AvgIpc) is 2.34. The summed E-state index contributed by atoms with van der Waals surface area (Å²) in [5, 5.41) is 0. The van der Waals surface area contributed by atoms with Crippen molar-refractivity contribution in [3.8, 4) is 0 Å². The maximum Gasteiger partial charge on any atom is 0.673 e. The van der Waals surface area contributed by atoms with Crippen molar-refractivity contribution in [1.29, 1.82) is 0 Å². The van der Waals surface area contributed by atoms with Gasteiger partial charge in [-0.15, -0.1) is 0 Å². The Labute approximate surface area is 137 Å². The number of rotatable bonds is 2. The first-order valence-corrected chi connectivity index (χ1v) is 8.57. The van der Waals surface area contributed by atoms with E-state index in [9.17, 15) is 21.7 Å². The molecular formula is C15H15BF5I. The number of halogens is 6. The van der Waals surface area contributed by atoms with E-state index in [4.69, 9.17) is 0 Å². The summed E-state index contributed by atoms with van der Waals surface area (Å²) in [6.45, 7) is 6.46. The van der Waals surface area contributed by atoms with Gasteiger partial charge in [0.2, 0.25) is 0 Å². The molecule has 0 nitrogen and oxygen atoms in total. The molecular weight excluding hydrogens is 413 g/mol. The predicted octanol–water partition coefficient (Wildman–Crippen LogP) is 2.18. The Morgan fingerprint density at radius 2 is 1.23 bits per heavy atom. The SMILES string of the molecule is Cc1cc(C)c([I+]c2ccc(F)cc2)c(C)c1.F[B-](F)(F)F. The van der Waals surface area contributed by atoms with Crippen molar-refractivity contribution < 1.29 is 42.9 Å². The van der Waals surface area contributed by atoms with E-state index in [2.05, 4.69) is 32.9 Å². The molecule has 0 atom stereocenters. The van der Waals surface area contributed by atoms with E-state index in [0.717, 1.165) is 0 Å². The van der Waals surface area contributed by atoms with Gasteiger partial charge in [-0.1, -0.05) is 17.7 Å². The van der Waals surface area contributed by atoms with Gasteiger partial charge in [-0.25, -0.2) is 4.39 Å². The minimum absolute atomic E-state index is 0.157. The quantitative estimate of drug-likeness (QED) is 0.391. The second-order valence-corrected chi connectivity index (χ2v) is 7.60. The number of aryl methyl sites for hydroxylation is 3. The predicted molar refractivity (Wildman–Crippen MR) is 74.6 cm³/mol. The average molecular weight is 428 g/mol. The molecule has 0 aromatic heterocycles. The monoisotopic (exact) mass is 428 g/mol. The summed E-state index contributed by atoms with van der Waals surface area (Å²) in [6.07, 6.45) is 0. The molecule has 0 aliphatic carbocycles. The molecule has 0 radical (unpaired) electrons. The highest BCUT2D eigenvalue weighted by Gasteiger charge is 2.21. The highest BCUT2D eigenvalue weighted by atomic mass is 127. The van der Waals surface area contributed by atoms with Gasteiger partial charge in [0.15, 0.2) is 7.14 Å².